The number of carbonyl (C=O) groups excluding carboxylic acids is 2. The average molecular weight is 483 g/mol. The number of aromatic nitrogens is 2. The number of thiazole rings is 1. The lowest BCUT2D eigenvalue weighted by molar-refractivity contribution is -0.118. The van der Waals surface area contributed by atoms with Crippen LogP contribution in [0.1, 0.15) is 5.56 Å². The second-order valence-electron chi connectivity index (χ2n) is 8.01. The number of hydrogen-bond donors (Lipinski definition) is 1. The highest BCUT2D eigenvalue weighted by atomic mass is 32.1. The Balaban J connectivity index is 1.41. The van der Waals surface area contributed by atoms with Crippen LogP contribution in [0.4, 0.5) is 11.4 Å². The molecule has 1 aliphatic heterocycles. The number of benzene rings is 3. The first-order valence-corrected chi connectivity index (χ1v) is 11.7. The first kappa shape index (κ1) is 21.1. The molecule has 172 valence electrons. The molecule has 5 aromatic rings. The maximum absolute atomic E-state index is 13.6. The lowest BCUT2D eigenvalue weighted by Gasteiger charge is -2.16. The van der Waals surface area contributed by atoms with Crippen molar-refractivity contribution < 1.29 is 14.3 Å². The van der Waals surface area contributed by atoms with Crippen molar-refractivity contribution in [2.75, 3.05) is 23.9 Å². The van der Waals surface area contributed by atoms with Crippen molar-refractivity contribution in [1.82, 2.24) is 9.38 Å². The number of methoxy groups -OCH3 is 1. The number of nitrogens with zero attached hydrogens (tertiary/aromatic N) is 3. The number of hydrogen-bond acceptors (Lipinski definition) is 6. The standard InChI is InChI=1S/C26H18N4O4S/c1-34-16-12-10-15(11-13-16)27-21(31)14-29-19-8-4-2-6-17(19)22(24(29)32)23-25(33)30-20-9-5-3-7-18(20)28-26(30)35-23/h2-13H,14H2,1H3,(H,27,31). The summed E-state index contributed by atoms with van der Waals surface area (Å²) in [6.45, 7) is -0.189. The van der Waals surface area contributed by atoms with Crippen LogP contribution in [0.15, 0.2) is 77.6 Å². The number of fused-ring (bicyclic) bond motifs is 4. The molecule has 9 heteroatoms. The molecule has 3 heterocycles. The highest BCUT2D eigenvalue weighted by Crippen LogP contribution is 2.35. The quantitative estimate of drug-likeness (QED) is 0.425. The number of rotatable bonds is 4. The van der Waals surface area contributed by atoms with Gasteiger partial charge in [0.05, 0.1) is 29.4 Å². The molecule has 0 atom stereocenters. The van der Waals surface area contributed by atoms with Crippen molar-refractivity contribution in [2.24, 2.45) is 0 Å². The summed E-state index contributed by atoms with van der Waals surface area (Å²) >= 11 is 1.18. The van der Waals surface area contributed by atoms with Crippen molar-refractivity contribution in [1.29, 1.82) is 0 Å². The molecule has 0 spiro atoms. The number of amides is 2. The van der Waals surface area contributed by atoms with Crippen LogP contribution < -0.4 is 25.0 Å². The van der Waals surface area contributed by atoms with Crippen molar-refractivity contribution in [2.45, 2.75) is 0 Å². The number of carbonyl (C=O) groups is 2. The van der Waals surface area contributed by atoms with Gasteiger partial charge < -0.3 is 10.1 Å². The Kier molecular flexibility index (Phi) is 4.85. The maximum Gasteiger partial charge on any atom is 0.275 e. The van der Waals surface area contributed by atoms with Crippen LogP contribution in [0.25, 0.3) is 21.6 Å². The van der Waals surface area contributed by atoms with E-state index in [0.29, 0.717) is 43.3 Å². The average Bonchev–Trinajstić information content (AvgIpc) is 3.48. The Morgan fingerprint density at radius 3 is 2.54 bits per heavy atom. The predicted molar refractivity (Wildman–Crippen MR) is 135 cm³/mol. The number of ether oxygens (including phenoxy) is 1. The van der Waals surface area contributed by atoms with E-state index in [9.17, 15) is 14.4 Å². The summed E-state index contributed by atoms with van der Waals surface area (Å²) in [5.41, 5.74) is 3.23. The SMILES string of the molecule is COc1ccc(NC(=O)CN2C(=O)C(=c3sc4nc5ccccc5n4c3=O)c3ccccc32)cc1. The third-order valence-electron chi connectivity index (χ3n) is 5.95. The second-order valence-corrected chi connectivity index (χ2v) is 8.99. The highest BCUT2D eigenvalue weighted by molar-refractivity contribution is 7.15. The number of para-hydroxylation sites is 3. The lowest BCUT2D eigenvalue weighted by Crippen LogP contribution is -2.37. The number of anilines is 2. The van der Waals surface area contributed by atoms with Crippen LogP contribution in [0, 0.1) is 0 Å². The first-order chi connectivity index (χ1) is 17.0. The zero-order valence-electron chi connectivity index (χ0n) is 18.5. The Labute approximate surface area is 202 Å². The zero-order valence-corrected chi connectivity index (χ0v) is 19.3. The van der Waals surface area contributed by atoms with Crippen molar-refractivity contribution >= 4 is 56.1 Å². The molecule has 1 aliphatic rings. The minimum absolute atomic E-state index is 0.189. The van der Waals surface area contributed by atoms with E-state index in [0.717, 1.165) is 5.52 Å². The van der Waals surface area contributed by atoms with Crippen LogP contribution in [-0.2, 0) is 9.59 Å². The summed E-state index contributed by atoms with van der Waals surface area (Å²) < 4.78 is 6.99. The van der Waals surface area contributed by atoms with E-state index in [4.69, 9.17) is 4.74 Å². The molecule has 0 aliphatic carbocycles. The van der Waals surface area contributed by atoms with E-state index in [1.54, 1.807) is 49.6 Å². The smallest absolute Gasteiger partial charge is 0.275 e. The van der Waals surface area contributed by atoms with Crippen LogP contribution in [0.2, 0.25) is 0 Å². The van der Waals surface area contributed by atoms with E-state index >= 15 is 0 Å². The molecular weight excluding hydrogens is 464 g/mol. The molecule has 0 unspecified atom stereocenters. The van der Waals surface area contributed by atoms with Crippen LogP contribution in [0.5, 0.6) is 5.75 Å². The number of imidazole rings is 1. The second kappa shape index (κ2) is 8.07. The third kappa shape index (κ3) is 3.36. The molecule has 0 bridgehead atoms. The summed E-state index contributed by atoms with van der Waals surface area (Å²) in [5.74, 6) is -0.0646. The molecule has 0 fully saturated rings. The first-order valence-electron chi connectivity index (χ1n) is 10.8. The molecule has 1 N–H and O–H groups in total. The molecule has 35 heavy (non-hydrogen) atoms. The minimum Gasteiger partial charge on any atom is -0.497 e. The van der Waals surface area contributed by atoms with Gasteiger partial charge in [-0.3, -0.25) is 19.3 Å². The van der Waals surface area contributed by atoms with E-state index in [-0.39, 0.29) is 23.9 Å². The molecule has 6 rings (SSSR count). The predicted octanol–water partition coefficient (Wildman–Crippen LogP) is 2.82. The fraction of sp³-hybridized carbons (Fsp3) is 0.0769. The molecule has 2 aromatic heterocycles. The fourth-order valence-corrected chi connectivity index (χ4v) is 5.41. The van der Waals surface area contributed by atoms with Crippen molar-refractivity contribution in [3.05, 3.63) is 93.2 Å². The topological polar surface area (TPSA) is 93.0 Å². The van der Waals surface area contributed by atoms with Crippen LogP contribution in [0.3, 0.4) is 0 Å². The zero-order chi connectivity index (χ0) is 24.1. The Hall–Kier alpha value is -4.50. The molecule has 0 saturated carbocycles. The summed E-state index contributed by atoms with van der Waals surface area (Å²) in [6, 6.07) is 21.5. The normalized spacial score (nSPS) is 14.5. The van der Waals surface area contributed by atoms with Gasteiger partial charge in [0.25, 0.3) is 11.5 Å². The Morgan fingerprint density at radius 1 is 1.00 bits per heavy atom. The van der Waals surface area contributed by atoms with Gasteiger partial charge in [0, 0.05) is 11.3 Å². The summed E-state index contributed by atoms with van der Waals surface area (Å²) in [5, 5.41) is 2.80. The molecular formula is C26H18N4O4S. The van der Waals surface area contributed by atoms with E-state index in [1.807, 2.05) is 30.3 Å². The van der Waals surface area contributed by atoms with E-state index in [1.165, 1.54) is 20.6 Å². The van der Waals surface area contributed by atoms with Gasteiger partial charge in [0.1, 0.15) is 16.8 Å². The molecule has 2 amide bonds. The largest absolute Gasteiger partial charge is 0.497 e. The minimum atomic E-state index is -0.387. The Bertz CT molecular complexity index is 1750. The molecule has 8 nitrogen and oxygen atoms in total. The highest BCUT2D eigenvalue weighted by Gasteiger charge is 2.35. The fourth-order valence-electron chi connectivity index (χ4n) is 4.34. The molecule has 3 aromatic carbocycles. The summed E-state index contributed by atoms with van der Waals surface area (Å²) in [6.07, 6.45) is 0. The van der Waals surface area contributed by atoms with Gasteiger partial charge in [-0.1, -0.05) is 41.7 Å². The maximum atomic E-state index is 13.6. The Morgan fingerprint density at radius 2 is 1.74 bits per heavy atom. The molecule has 0 radical (unpaired) electrons. The third-order valence-corrected chi connectivity index (χ3v) is 6.99. The van der Waals surface area contributed by atoms with Gasteiger partial charge in [-0.05, 0) is 42.5 Å². The van der Waals surface area contributed by atoms with Crippen LogP contribution >= 0.6 is 11.3 Å². The van der Waals surface area contributed by atoms with Gasteiger partial charge in [-0.25, -0.2) is 9.38 Å². The summed E-state index contributed by atoms with van der Waals surface area (Å²) in [7, 11) is 1.57. The number of nitrogens with one attached hydrogen (secondary N) is 1. The van der Waals surface area contributed by atoms with Crippen LogP contribution in [-0.4, -0.2) is 34.9 Å². The van der Waals surface area contributed by atoms with Gasteiger partial charge >= 0.3 is 0 Å². The van der Waals surface area contributed by atoms with Gasteiger partial charge in [0.2, 0.25) is 5.91 Å². The molecule has 0 saturated heterocycles. The van der Waals surface area contributed by atoms with Crippen molar-refractivity contribution in [3.8, 4) is 5.75 Å². The van der Waals surface area contributed by atoms with E-state index in [2.05, 4.69) is 10.3 Å². The van der Waals surface area contributed by atoms with E-state index < -0.39 is 0 Å². The van der Waals surface area contributed by atoms with Crippen molar-refractivity contribution in [3.63, 3.8) is 0 Å². The lowest BCUT2D eigenvalue weighted by atomic mass is 10.1. The van der Waals surface area contributed by atoms with Gasteiger partial charge in [-0.15, -0.1) is 0 Å². The summed E-state index contributed by atoms with van der Waals surface area (Å²) in [4.78, 5) is 46.3. The monoisotopic (exact) mass is 482 g/mol. The van der Waals surface area contributed by atoms with Gasteiger partial charge in [-0.2, -0.15) is 0 Å². The van der Waals surface area contributed by atoms with Gasteiger partial charge in [0.15, 0.2) is 4.96 Å².